The molecule has 0 radical (unpaired) electrons. The van der Waals surface area contributed by atoms with Crippen LogP contribution in [0, 0.1) is 5.92 Å². The van der Waals surface area contributed by atoms with E-state index in [9.17, 15) is 0 Å². The van der Waals surface area contributed by atoms with Crippen molar-refractivity contribution in [2.45, 2.75) is 17.8 Å². The lowest BCUT2D eigenvalue weighted by molar-refractivity contribution is 0.565. The van der Waals surface area contributed by atoms with Gasteiger partial charge in [0.05, 0.1) is 0 Å². The zero-order valence-corrected chi connectivity index (χ0v) is 5.62. The van der Waals surface area contributed by atoms with Crippen molar-refractivity contribution in [2.75, 3.05) is 0 Å². The molecular weight excluding hydrogens is 136 g/mol. The molecule has 2 rings (SSSR count). The van der Waals surface area contributed by atoms with Gasteiger partial charge in [-0.3, -0.25) is 0 Å². The summed E-state index contributed by atoms with van der Waals surface area (Å²) in [5, 5.41) is 14.4. The monoisotopic (exact) mass is 142 g/mol. The topological polar surface area (TPSA) is 49.4 Å². The standard InChI is InChI=1S/C4H6N4S/c9-4(3-1-2-3)5-7-8-6-4/h3,9H,1-2H2. The van der Waals surface area contributed by atoms with E-state index >= 15 is 0 Å². The third-order valence-electron chi connectivity index (χ3n) is 1.55. The van der Waals surface area contributed by atoms with Crippen molar-refractivity contribution < 1.29 is 0 Å². The van der Waals surface area contributed by atoms with Crippen LogP contribution in [0.25, 0.3) is 0 Å². The van der Waals surface area contributed by atoms with Crippen molar-refractivity contribution in [3.63, 3.8) is 0 Å². The first kappa shape index (κ1) is 5.34. The van der Waals surface area contributed by atoms with Crippen molar-refractivity contribution in [3.8, 4) is 0 Å². The van der Waals surface area contributed by atoms with Gasteiger partial charge in [0.25, 0.3) is 0 Å². The Morgan fingerprint density at radius 3 is 2.22 bits per heavy atom. The number of hydrogen-bond acceptors (Lipinski definition) is 5. The second kappa shape index (κ2) is 1.53. The normalized spacial score (nSPS) is 29.4. The van der Waals surface area contributed by atoms with E-state index in [-0.39, 0.29) is 0 Å². The van der Waals surface area contributed by atoms with E-state index in [1.807, 2.05) is 0 Å². The molecule has 0 aromatic heterocycles. The number of thiol groups is 1. The molecular formula is C4H6N4S. The summed E-state index contributed by atoms with van der Waals surface area (Å²) in [4.78, 5) is -0.583. The smallest absolute Gasteiger partial charge is 0.123 e. The van der Waals surface area contributed by atoms with Crippen molar-refractivity contribution in [3.05, 3.63) is 0 Å². The summed E-state index contributed by atoms with van der Waals surface area (Å²) in [6.07, 6.45) is 2.31. The number of nitrogens with zero attached hydrogens (tertiary/aromatic N) is 4. The molecule has 0 aromatic rings. The molecule has 1 aliphatic heterocycles. The maximum Gasteiger partial charge on any atom is 0.240 e. The van der Waals surface area contributed by atoms with Gasteiger partial charge in [0.2, 0.25) is 4.99 Å². The van der Waals surface area contributed by atoms with E-state index in [2.05, 4.69) is 33.3 Å². The molecule has 0 aromatic carbocycles. The van der Waals surface area contributed by atoms with Gasteiger partial charge in [0.1, 0.15) is 0 Å². The predicted molar refractivity (Wildman–Crippen MR) is 34.2 cm³/mol. The quantitative estimate of drug-likeness (QED) is 0.543. The fraction of sp³-hybridized carbons (Fsp3) is 1.00. The first-order valence-electron chi connectivity index (χ1n) is 2.88. The zero-order valence-electron chi connectivity index (χ0n) is 4.73. The van der Waals surface area contributed by atoms with Crippen LogP contribution in [-0.4, -0.2) is 4.99 Å². The Bertz CT molecular complexity index is 171. The Kier molecular flexibility index (Phi) is 0.908. The van der Waals surface area contributed by atoms with Crippen LogP contribution in [0.4, 0.5) is 0 Å². The summed E-state index contributed by atoms with van der Waals surface area (Å²) in [7, 11) is 0. The van der Waals surface area contributed by atoms with Crippen LogP contribution in [0.3, 0.4) is 0 Å². The fourth-order valence-electron chi connectivity index (χ4n) is 0.826. The van der Waals surface area contributed by atoms with E-state index in [0.717, 1.165) is 12.8 Å². The van der Waals surface area contributed by atoms with Crippen LogP contribution in [0.1, 0.15) is 12.8 Å². The molecule has 0 bridgehead atoms. The molecule has 1 heterocycles. The van der Waals surface area contributed by atoms with Gasteiger partial charge in [0, 0.05) is 5.92 Å². The van der Waals surface area contributed by atoms with Gasteiger partial charge >= 0.3 is 0 Å². The van der Waals surface area contributed by atoms with Gasteiger partial charge < -0.3 is 0 Å². The second-order valence-corrected chi connectivity index (χ2v) is 3.00. The Labute approximate surface area is 57.8 Å². The minimum absolute atomic E-state index is 0.482. The Balaban J connectivity index is 2.22. The molecule has 0 N–H and O–H groups in total. The van der Waals surface area contributed by atoms with Crippen LogP contribution in [-0.2, 0) is 0 Å². The highest BCUT2D eigenvalue weighted by Gasteiger charge is 2.45. The van der Waals surface area contributed by atoms with Crippen molar-refractivity contribution in [1.29, 1.82) is 0 Å². The zero-order chi connectivity index (χ0) is 6.32. The summed E-state index contributed by atoms with van der Waals surface area (Å²) in [5.74, 6) is 0.482. The van der Waals surface area contributed by atoms with Crippen LogP contribution in [0.2, 0.25) is 0 Å². The second-order valence-electron chi connectivity index (χ2n) is 2.34. The molecule has 0 unspecified atom stereocenters. The molecule has 4 nitrogen and oxygen atoms in total. The number of rotatable bonds is 1. The maximum absolute atomic E-state index is 4.22. The lowest BCUT2D eigenvalue weighted by atomic mass is 10.3. The highest BCUT2D eigenvalue weighted by Crippen LogP contribution is 2.47. The average molecular weight is 142 g/mol. The van der Waals surface area contributed by atoms with Crippen molar-refractivity contribution in [2.24, 2.45) is 26.6 Å². The van der Waals surface area contributed by atoms with Gasteiger partial charge in [-0.2, -0.15) is 0 Å². The maximum atomic E-state index is 4.22. The van der Waals surface area contributed by atoms with Gasteiger partial charge in [-0.15, -0.1) is 22.9 Å². The minimum Gasteiger partial charge on any atom is -0.123 e. The lowest BCUT2D eigenvalue weighted by Gasteiger charge is -2.08. The molecule has 5 heteroatoms. The molecule has 1 saturated carbocycles. The molecule has 0 saturated heterocycles. The molecule has 1 aliphatic carbocycles. The van der Waals surface area contributed by atoms with Gasteiger partial charge in [-0.1, -0.05) is 0 Å². The van der Waals surface area contributed by atoms with Crippen molar-refractivity contribution >= 4 is 12.6 Å². The molecule has 2 aliphatic rings. The average Bonchev–Trinajstić information content (AvgIpc) is 2.60. The Morgan fingerprint density at radius 1 is 1.22 bits per heavy atom. The van der Waals surface area contributed by atoms with E-state index in [1.54, 1.807) is 0 Å². The summed E-state index contributed by atoms with van der Waals surface area (Å²) in [6, 6.07) is 0. The van der Waals surface area contributed by atoms with E-state index in [1.165, 1.54) is 0 Å². The summed E-state index contributed by atoms with van der Waals surface area (Å²) >= 11 is 4.22. The van der Waals surface area contributed by atoms with Crippen LogP contribution >= 0.6 is 12.6 Å². The molecule has 0 amide bonds. The summed E-state index contributed by atoms with van der Waals surface area (Å²) in [6.45, 7) is 0. The number of hydrogen-bond donors (Lipinski definition) is 1. The molecule has 9 heavy (non-hydrogen) atoms. The summed E-state index contributed by atoms with van der Waals surface area (Å²) in [5.41, 5.74) is 0. The van der Waals surface area contributed by atoms with Crippen LogP contribution in [0.5, 0.6) is 0 Å². The predicted octanol–water partition coefficient (Wildman–Crippen LogP) is 1.81. The van der Waals surface area contributed by atoms with Gasteiger partial charge in [-0.25, -0.2) is 0 Å². The first-order chi connectivity index (χ1) is 4.31. The van der Waals surface area contributed by atoms with E-state index in [4.69, 9.17) is 0 Å². The molecule has 0 atom stereocenters. The minimum atomic E-state index is -0.583. The van der Waals surface area contributed by atoms with Crippen LogP contribution in [0.15, 0.2) is 20.7 Å². The van der Waals surface area contributed by atoms with Gasteiger partial charge in [0.15, 0.2) is 0 Å². The first-order valence-corrected chi connectivity index (χ1v) is 3.32. The summed E-state index contributed by atoms with van der Waals surface area (Å²) < 4.78 is 0. The SMILES string of the molecule is SC1(C2CC2)N=NN=N1. The van der Waals surface area contributed by atoms with E-state index in [0.29, 0.717) is 5.92 Å². The Hall–Kier alpha value is -0.450. The third-order valence-corrected chi connectivity index (χ3v) is 2.09. The Morgan fingerprint density at radius 2 is 1.78 bits per heavy atom. The van der Waals surface area contributed by atoms with Gasteiger partial charge in [-0.05, 0) is 23.3 Å². The third kappa shape index (κ3) is 0.755. The largest absolute Gasteiger partial charge is 0.240 e. The lowest BCUT2D eigenvalue weighted by Crippen LogP contribution is -2.14. The highest BCUT2D eigenvalue weighted by molar-refractivity contribution is 7.81. The van der Waals surface area contributed by atoms with Crippen molar-refractivity contribution in [1.82, 2.24) is 0 Å². The molecule has 48 valence electrons. The van der Waals surface area contributed by atoms with E-state index < -0.39 is 4.99 Å². The molecule has 0 spiro atoms. The van der Waals surface area contributed by atoms with Crippen LogP contribution < -0.4 is 0 Å². The molecule has 1 fully saturated rings. The highest BCUT2D eigenvalue weighted by atomic mass is 32.1. The fourth-order valence-corrected chi connectivity index (χ4v) is 1.16.